The molecule has 0 aliphatic rings. The summed E-state index contributed by atoms with van der Waals surface area (Å²) in [6.45, 7) is 3.58. The van der Waals surface area contributed by atoms with E-state index in [2.05, 4.69) is 9.71 Å². The summed E-state index contributed by atoms with van der Waals surface area (Å²) in [5, 5.41) is 0. The monoisotopic (exact) mass is 416 g/mol. The van der Waals surface area contributed by atoms with Gasteiger partial charge in [0.25, 0.3) is 0 Å². The highest BCUT2D eigenvalue weighted by atomic mass is 32.2. The number of pyridine rings is 1. The van der Waals surface area contributed by atoms with Gasteiger partial charge in [-0.1, -0.05) is 12.1 Å². The van der Waals surface area contributed by atoms with Gasteiger partial charge in [0.2, 0.25) is 15.9 Å². The molecule has 1 aromatic heterocycles. The second-order valence-corrected chi connectivity index (χ2v) is 8.21. The third-order valence-electron chi connectivity index (χ3n) is 4.26. The van der Waals surface area contributed by atoms with E-state index >= 15 is 0 Å². The van der Waals surface area contributed by atoms with Crippen LogP contribution >= 0.6 is 0 Å². The number of rotatable bonds is 7. The zero-order valence-electron chi connectivity index (χ0n) is 16.3. The van der Waals surface area contributed by atoms with E-state index in [0.29, 0.717) is 22.6 Å². The minimum absolute atomic E-state index is 0.0695. The fourth-order valence-corrected chi connectivity index (χ4v) is 4.08. The fraction of sp³-hybridized carbons (Fsp3) is 0.190. The molecule has 3 rings (SSSR count). The minimum Gasteiger partial charge on any atom is -0.496 e. The van der Waals surface area contributed by atoms with Crippen molar-refractivity contribution < 1.29 is 22.3 Å². The number of sulfonamides is 1. The molecule has 0 bridgehead atoms. The largest absolute Gasteiger partial charge is 0.496 e. The van der Waals surface area contributed by atoms with Crippen LogP contribution in [-0.2, 0) is 16.6 Å². The summed E-state index contributed by atoms with van der Waals surface area (Å²) < 4.78 is 51.9. The Morgan fingerprint density at radius 1 is 1.07 bits per heavy atom. The van der Waals surface area contributed by atoms with E-state index in [-0.39, 0.29) is 17.3 Å². The van der Waals surface area contributed by atoms with E-state index in [0.717, 1.165) is 5.56 Å². The molecule has 2 aromatic carbocycles. The maximum Gasteiger partial charge on any atom is 0.241 e. The zero-order valence-corrected chi connectivity index (χ0v) is 17.1. The Morgan fingerprint density at radius 2 is 1.86 bits per heavy atom. The highest BCUT2D eigenvalue weighted by Crippen LogP contribution is 2.26. The minimum atomic E-state index is -3.71. The van der Waals surface area contributed by atoms with Crippen LogP contribution < -0.4 is 14.2 Å². The molecule has 3 aromatic rings. The number of aromatic nitrogens is 1. The first-order valence-corrected chi connectivity index (χ1v) is 10.3. The number of nitrogens with zero attached hydrogens (tertiary/aromatic N) is 1. The van der Waals surface area contributed by atoms with Crippen LogP contribution in [0.1, 0.15) is 16.7 Å². The van der Waals surface area contributed by atoms with Crippen LogP contribution in [0.5, 0.6) is 17.4 Å². The van der Waals surface area contributed by atoms with Crippen molar-refractivity contribution in [3.8, 4) is 17.4 Å². The van der Waals surface area contributed by atoms with E-state index in [9.17, 15) is 12.8 Å². The maximum absolute atomic E-state index is 13.2. The molecule has 0 atom stereocenters. The van der Waals surface area contributed by atoms with Gasteiger partial charge in [0.1, 0.15) is 17.3 Å². The van der Waals surface area contributed by atoms with Crippen molar-refractivity contribution >= 4 is 10.0 Å². The van der Waals surface area contributed by atoms with E-state index < -0.39 is 15.8 Å². The second kappa shape index (κ2) is 8.59. The molecule has 152 valence electrons. The molecular weight excluding hydrogens is 395 g/mol. The van der Waals surface area contributed by atoms with Crippen LogP contribution in [0.2, 0.25) is 0 Å². The molecule has 6 nitrogen and oxygen atoms in total. The Hall–Kier alpha value is -2.97. The van der Waals surface area contributed by atoms with Gasteiger partial charge in [-0.3, -0.25) is 0 Å². The maximum atomic E-state index is 13.2. The van der Waals surface area contributed by atoms with Crippen molar-refractivity contribution in [1.29, 1.82) is 0 Å². The molecule has 0 aliphatic heterocycles. The van der Waals surface area contributed by atoms with Gasteiger partial charge in [-0.25, -0.2) is 22.5 Å². The number of halogens is 1. The highest BCUT2D eigenvalue weighted by Gasteiger charge is 2.18. The van der Waals surface area contributed by atoms with E-state index in [1.165, 1.54) is 24.4 Å². The summed E-state index contributed by atoms with van der Waals surface area (Å²) in [4.78, 5) is 4.34. The highest BCUT2D eigenvalue weighted by molar-refractivity contribution is 7.89. The third-order valence-corrected chi connectivity index (χ3v) is 5.81. The number of ether oxygens (including phenoxy) is 2. The summed E-state index contributed by atoms with van der Waals surface area (Å²) >= 11 is 0. The molecule has 29 heavy (non-hydrogen) atoms. The van der Waals surface area contributed by atoms with E-state index in [1.807, 2.05) is 0 Å². The predicted molar refractivity (Wildman–Crippen MR) is 107 cm³/mol. The average molecular weight is 416 g/mol. The second-order valence-electron chi connectivity index (χ2n) is 6.48. The summed E-state index contributed by atoms with van der Waals surface area (Å²) in [5.41, 5.74) is 1.99. The molecule has 0 fully saturated rings. The van der Waals surface area contributed by atoms with Gasteiger partial charge in [-0.05, 0) is 54.8 Å². The van der Waals surface area contributed by atoms with Crippen molar-refractivity contribution in [2.45, 2.75) is 25.3 Å². The number of nitrogens with one attached hydrogen (secondary N) is 1. The van der Waals surface area contributed by atoms with Crippen LogP contribution in [0.3, 0.4) is 0 Å². The van der Waals surface area contributed by atoms with Crippen molar-refractivity contribution in [3.05, 3.63) is 77.2 Å². The van der Waals surface area contributed by atoms with Crippen molar-refractivity contribution in [2.75, 3.05) is 7.11 Å². The number of benzene rings is 2. The van der Waals surface area contributed by atoms with Gasteiger partial charge in [0, 0.05) is 24.9 Å². The number of methoxy groups -OCH3 is 1. The van der Waals surface area contributed by atoms with Gasteiger partial charge >= 0.3 is 0 Å². The molecule has 0 unspecified atom stereocenters. The van der Waals surface area contributed by atoms with Gasteiger partial charge in [0.05, 0.1) is 12.0 Å². The lowest BCUT2D eigenvalue weighted by molar-refractivity contribution is 0.411. The molecule has 0 spiro atoms. The van der Waals surface area contributed by atoms with Gasteiger partial charge in [-0.2, -0.15) is 0 Å². The molecular formula is C21H21FN2O4S. The van der Waals surface area contributed by atoms with Gasteiger partial charge in [0.15, 0.2) is 0 Å². The first-order valence-electron chi connectivity index (χ1n) is 8.82. The molecule has 0 amide bonds. The van der Waals surface area contributed by atoms with Crippen LogP contribution in [0, 0.1) is 19.7 Å². The van der Waals surface area contributed by atoms with E-state index in [4.69, 9.17) is 9.47 Å². The molecule has 8 heteroatoms. The quantitative estimate of drug-likeness (QED) is 0.627. The molecule has 0 aliphatic carbocycles. The SMILES string of the molecule is COc1cc(C)c(S(=O)(=O)NCc2ccc(Oc3cccc(F)c3)nc2)cc1C. The Balaban J connectivity index is 1.68. The van der Waals surface area contributed by atoms with Crippen molar-refractivity contribution in [1.82, 2.24) is 9.71 Å². The molecule has 0 saturated heterocycles. The number of hydrogen-bond acceptors (Lipinski definition) is 5. The molecule has 1 heterocycles. The summed E-state index contributed by atoms with van der Waals surface area (Å²) in [6.07, 6.45) is 1.50. The van der Waals surface area contributed by atoms with Crippen LogP contribution in [0.25, 0.3) is 0 Å². The molecule has 0 saturated carbocycles. The Bertz CT molecular complexity index is 1120. The Morgan fingerprint density at radius 3 is 2.52 bits per heavy atom. The Kier molecular flexibility index (Phi) is 6.14. The predicted octanol–water partition coefficient (Wildman–Crippen LogP) is 4.12. The van der Waals surface area contributed by atoms with Crippen LogP contribution in [0.4, 0.5) is 4.39 Å². The summed E-state index contributed by atoms with van der Waals surface area (Å²) in [6, 6.07) is 12.3. The third kappa shape index (κ3) is 5.10. The number of aryl methyl sites for hydroxylation is 2. The number of hydrogen-bond donors (Lipinski definition) is 1. The normalized spacial score (nSPS) is 11.3. The topological polar surface area (TPSA) is 77.5 Å². The van der Waals surface area contributed by atoms with Gasteiger partial charge < -0.3 is 9.47 Å². The first-order chi connectivity index (χ1) is 13.8. The first kappa shape index (κ1) is 20.8. The lowest BCUT2D eigenvalue weighted by Crippen LogP contribution is -2.24. The molecule has 1 N–H and O–H groups in total. The van der Waals surface area contributed by atoms with Gasteiger partial charge in [-0.15, -0.1) is 0 Å². The van der Waals surface area contributed by atoms with Crippen LogP contribution in [-0.4, -0.2) is 20.5 Å². The average Bonchev–Trinajstić information content (AvgIpc) is 2.69. The summed E-state index contributed by atoms with van der Waals surface area (Å²) in [7, 11) is -2.16. The smallest absolute Gasteiger partial charge is 0.241 e. The Labute approximate surface area is 169 Å². The lowest BCUT2D eigenvalue weighted by atomic mass is 10.1. The zero-order chi connectivity index (χ0) is 21.0. The fourth-order valence-electron chi connectivity index (χ4n) is 2.76. The van der Waals surface area contributed by atoms with Crippen molar-refractivity contribution in [2.24, 2.45) is 0 Å². The lowest BCUT2D eigenvalue weighted by Gasteiger charge is -2.13. The summed E-state index contributed by atoms with van der Waals surface area (Å²) in [5.74, 6) is 0.845. The molecule has 0 radical (unpaired) electrons. The van der Waals surface area contributed by atoms with Crippen LogP contribution in [0.15, 0.2) is 59.6 Å². The van der Waals surface area contributed by atoms with E-state index in [1.54, 1.807) is 51.3 Å². The van der Waals surface area contributed by atoms with Crippen molar-refractivity contribution in [3.63, 3.8) is 0 Å². The standard InChI is InChI=1S/C21H21FN2O4S/c1-14-10-20(15(2)9-19(14)27-3)29(25,26)24-13-16-7-8-21(23-12-16)28-18-6-4-5-17(22)11-18/h4-12,24H,13H2,1-3H3.